The fraction of sp³-hybridized carbons (Fsp3) is 1.00. The minimum atomic E-state index is 0.312. The number of rotatable bonds is 7. The van der Waals surface area contributed by atoms with Gasteiger partial charge in [0.05, 0.1) is 0 Å². The Hall–Kier alpha value is -0.0800. The van der Waals surface area contributed by atoms with Gasteiger partial charge in [0.1, 0.15) is 0 Å². The van der Waals surface area contributed by atoms with Gasteiger partial charge < -0.3 is 10.2 Å². The lowest BCUT2D eigenvalue weighted by molar-refractivity contribution is 0.119. The second kappa shape index (κ2) is 10.1. The van der Waals surface area contributed by atoms with Crippen LogP contribution in [0.25, 0.3) is 0 Å². The van der Waals surface area contributed by atoms with Crippen LogP contribution in [0.4, 0.5) is 0 Å². The molecular formula is C14H34N2. The van der Waals surface area contributed by atoms with E-state index in [4.69, 9.17) is 0 Å². The summed E-state index contributed by atoms with van der Waals surface area (Å²) in [5.41, 5.74) is 0.312. The molecule has 1 atom stereocenters. The maximum Gasteiger partial charge on any atom is 0.0172 e. The van der Waals surface area contributed by atoms with E-state index in [1.807, 2.05) is 13.8 Å². The van der Waals surface area contributed by atoms with Gasteiger partial charge in [-0.3, -0.25) is 0 Å². The Kier molecular flexibility index (Phi) is 11.5. The van der Waals surface area contributed by atoms with Gasteiger partial charge >= 0.3 is 0 Å². The molecule has 0 bridgehead atoms. The Morgan fingerprint density at radius 1 is 1.19 bits per heavy atom. The third-order valence-corrected chi connectivity index (χ3v) is 3.60. The van der Waals surface area contributed by atoms with Gasteiger partial charge in [0, 0.05) is 5.54 Å². The molecular weight excluding hydrogens is 196 g/mol. The molecule has 0 aromatic rings. The minimum absolute atomic E-state index is 0.312. The van der Waals surface area contributed by atoms with E-state index in [9.17, 15) is 0 Å². The average molecular weight is 230 g/mol. The molecule has 0 aliphatic rings. The number of nitrogens with zero attached hydrogens (tertiary/aromatic N) is 1. The van der Waals surface area contributed by atoms with Crippen molar-refractivity contribution < 1.29 is 0 Å². The van der Waals surface area contributed by atoms with E-state index >= 15 is 0 Å². The predicted octanol–water partition coefficient (Wildman–Crippen LogP) is 3.38. The van der Waals surface area contributed by atoms with Crippen LogP contribution in [0.3, 0.4) is 0 Å². The molecule has 100 valence electrons. The van der Waals surface area contributed by atoms with E-state index in [1.165, 1.54) is 12.8 Å². The predicted molar refractivity (Wildman–Crippen MR) is 76.1 cm³/mol. The first kappa shape index (κ1) is 18.3. The van der Waals surface area contributed by atoms with E-state index in [0.717, 1.165) is 19.0 Å². The molecule has 1 N–H and O–H groups in total. The molecule has 0 rings (SSSR count). The van der Waals surface area contributed by atoms with Crippen molar-refractivity contribution in [1.82, 2.24) is 10.2 Å². The van der Waals surface area contributed by atoms with Gasteiger partial charge in [-0.15, -0.1) is 0 Å². The van der Waals surface area contributed by atoms with Crippen LogP contribution >= 0.6 is 0 Å². The average Bonchev–Trinajstić information content (AvgIpc) is 2.26. The molecule has 1 unspecified atom stereocenters. The smallest absolute Gasteiger partial charge is 0.0172 e. The van der Waals surface area contributed by atoms with Crippen LogP contribution in [0.2, 0.25) is 0 Å². The molecule has 0 amide bonds. The monoisotopic (exact) mass is 230 g/mol. The van der Waals surface area contributed by atoms with Crippen LogP contribution in [0, 0.1) is 5.92 Å². The summed E-state index contributed by atoms with van der Waals surface area (Å²) in [4.78, 5) is 2.32. The summed E-state index contributed by atoms with van der Waals surface area (Å²) in [5, 5.41) is 3.37. The molecule has 0 aliphatic heterocycles. The summed E-state index contributed by atoms with van der Waals surface area (Å²) in [5.74, 6) is 0.746. The molecule has 0 spiro atoms. The molecule has 2 heteroatoms. The first-order valence-electron chi connectivity index (χ1n) is 6.81. The van der Waals surface area contributed by atoms with Gasteiger partial charge in [-0.05, 0) is 59.8 Å². The highest BCUT2D eigenvalue weighted by Gasteiger charge is 2.27. The fourth-order valence-electron chi connectivity index (χ4n) is 1.50. The van der Waals surface area contributed by atoms with Gasteiger partial charge in [0.25, 0.3) is 0 Å². The van der Waals surface area contributed by atoms with Gasteiger partial charge in [-0.2, -0.15) is 0 Å². The van der Waals surface area contributed by atoms with Crippen LogP contribution in [-0.2, 0) is 0 Å². The summed E-state index contributed by atoms with van der Waals surface area (Å²) in [6.45, 7) is 15.4. The molecule has 0 aliphatic carbocycles. The molecule has 16 heavy (non-hydrogen) atoms. The zero-order chi connectivity index (χ0) is 13.2. The fourth-order valence-corrected chi connectivity index (χ4v) is 1.50. The van der Waals surface area contributed by atoms with E-state index < -0.39 is 0 Å². The van der Waals surface area contributed by atoms with Crippen molar-refractivity contribution in [2.75, 3.05) is 27.2 Å². The highest BCUT2D eigenvalue weighted by atomic mass is 15.1. The quantitative estimate of drug-likeness (QED) is 0.675. The van der Waals surface area contributed by atoms with Crippen molar-refractivity contribution in [1.29, 1.82) is 0 Å². The van der Waals surface area contributed by atoms with Gasteiger partial charge in [0.15, 0.2) is 0 Å². The van der Waals surface area contributed by atoms with Crippen molar-refractivity contribution >= 4 is 0 Å². The SMILES string of the molecule is CC.CCNCCCC(C)C(C)(C)N(C)C. The second-order valence-electron chi connectivity index (χ2n) is 4.94. The van der Waals surface area contributed by atoms with Crippen LogP contribution in [-0.4, -0.2) is 37.6 Å². The first-order valence-corrected chi connectivity index (χ1v) is 6.81. The van der Waals surface area contributed by atoms with Gasteiger partial charge in [0.2, 0.25) is 0 Å². The summed E-state index contributed by atoms with van der Waals surface area (Å²) >= 11 is 0. The Morgan fingerprint density at radius 2 is 1.69 bits per heavy atom. The van der Waals surface area contributed by atoms with Crippen molar-refractivity contribution in [2.45, 2.75) is 59.9 Å². The molecule has 2 nitrogen and oxygen atoms in total. The molecule has 0 saturated heterocycles. The van der Waals surface area contributed by atoms with E-state index in [-0.39, 0.29) is 0 Å². The minimum Gasteiger partial charge on any atom is -0.317 e. The van der Waals surface area contributed by atoms with Crippen LogP contribution in [0.15, 0.2) is 0 Å². The van der Waals surface area contributed by atoms with Crippen LogP contribution < -0.4 is 5.32 Å². The normalized spacial score (nSPS) is 13.3. The molecule has 0 heterocycles. The van der Waals surface area contributed by atoms with Crippen molar-refractivity contribution in [3.63, 3.8) is 0 Å². The van der Waals surface area contributed by atoms with Gasteiger partial charge in [-0.1, -0.05) is 27.7 Å². The number of hydrogen-bond acceptors (Lipinski definition) is 2. The third kappa shape index (κ3) is 7.24. The zero-order valence-corrected chi connectivity index (χ0v) is 12.9. The third-order valence-electron chi connectivity index (χ3n) is 3.60. The maximum atomic E-state index is 3.37. The summed E-state index contributed by atoms with van der Waals surface area (Å²) in [6.07, 6.45) is 2.59. The van der Waals surface area contributed by atoms with Crippen LogP contribution in [0.1, 0.15) is 54.4 Å². The lowest BCUT2D eigenvalue weighted by atomic mass is 9.84. The lowest BCUT2D eigenvalue weighted by Gasteiger charge is -2.38. The molecule has 0 aromatic heterocycles. The highest BCUT2D eigenvalue weighted by molar-refractivity contribution is 4.83. The Bertz CT molecular complexity index is 142. The second-order valence-corrected chi connectivity index (χ2v) is 4.94. The number of nitrogens with one attached hydrogen (secondary N) is 1. The maximum absolute atomic E-state index is 3.37. The van der Waals surface area contributed by atoms with Crippen molar-refractivity contribution in [3.8, 4) is 0 Å². The Labute approximate surface area is 104 Å². The molecule has 0 radical (unpaired) electrons. The summed E-state index contributed by atoms with van der Waals surface area (Å²) in [6, 6.07) is 0. The van der Waals surface area contributed by atoms with Gasteiger partial charge in [-0.25, -0.2) is 0 Å². The zero-order valence-electron chi connectivity index (χ0n) is 12.9. The first-order chi connectivity index (χ1) is 7.42. The van der Waals surface area contributed by atoms with Crippen molar-refractivity contribution in [2.24, 2.45) is 5.92 Å². The van der Waals surface area contributed by atoms with E-state index in [1.54, 1.807) is 0 Å². The topological polar surface area (TPSA) is 15.3 Å². The number of hydrogen-bond donors (Lipinski definition) is 1. The van der Waals surface area contributed by atoms with Crippen LogP contribution in [0.5, 0.6) is 0 Å². The van der Waals surface area contributed by atoms with E-state index in [0.29, 0.717) is 5.54 Å². The standard InChI is InChI=1S/C12H28N2.C2H6/c1-7-13-10-8-9-11(2)12(3,4)14(5)6;1-2/h11,13H,7-10H2,1-6H3;1-2H3. The largest absolute Gasteiger partial charge is 0.317 e. The summed E-state index contributed by atoms with van der Waals surface area (Å²) in [7, 11) is 4.33. The van der Waals surface area contributed by atoms with E-state index in [2.05, 4.69) is 52.0 Å². The lowest BCUT2D eigenvalue weighted by Crippen LogP contribution is -2.44. The Morgan fingerprint density at radius 3 is 2.06 bits per heavy atom. The summed E-state index contributed by atoms with van der Waals surface area (Å²) < 4.78 is 0. The highest BCUT2D eigenvalue weighted by Crippen LogP contribution is 2.25. The molecule has 0 saturated carbocycles. The Balaban J connectivity index is 0. The molecule has 0 aromatic carbocycles. The van der Waals surface area contributed by atoms with Crippen molar-refractivity contribution in [3.05, 3.63) is 0 Å². The molecule has 0 fully saturated rings.